The number of hydrogen-bond acceptors (Lipinski definition) is 3. The van der Waals surface area contributed by atoms with Gasteiger partial charge in [0.05, 0.1) is 24.6 Å². The van der Waals surface area contributed by atoms with Crippen LogP contribution >= 0.6 is 11.6 Å². The molecule has 114 valence electrons. The summed E-state index contributed by atoms with van der Waals surface area (Å²) in [6.45, 7) is 0. The molecule has 8 heteroatoms. The Labute approximate surface area is 128 Å². The first-order chi connectivity index (χ1) is 10.4. The van der Waals surface area contributed by atoms with Crippen LogP contribution in [0.1, 0.15) is 5.56 Å². The molecule has 0 aliphatic rings. The van der Waals surface area contributed by atoms with Gasteiger partial charge >= 0.3 is 6.18 Å². The minimum atomic E-state index is -4.42. The standard InChI is InChI=1S/C14H9ClF3N3O/c1-22-11-6-12(15)20-21-10(7-19-13(11)21)8-3-2-4-9(5-8)14(16,17)18/h2-7H,1H3. The maximum absolute atomic E-state index is 12.8. The van der Waals surface area contributed by atoms with Crippen molar-refractivity contribution in [2.24, 2.45) is 0 Å². The van der Waals surface area contributed by atoms with Crippen molar-refractivity contribution in [3.05, 3.63) is 47.2 Å². The summed E-state index contributed by atoms with van der Waals surface area (Å²) in [6, 6.07) is 6.42. The Morgan fingerprint density at radius 1 is 1.23 bits per heavy atom. The van der Waals surface area contributed by atoms with Gasteiger partial charge in [0.2, 0.25) is 0 Å². The molecule has 0 aliphatic carbocycles. The fraction of sp³-hybridized carbons (Fsp3) is 0.143. The van der Waals surface area contributed by atoms with E-state index in [-0.39, 0.29) is 5.15 Å². The highest BCUT2D eigenvalue weighted by molar-refractivity contribution is 6.29. The summed E-state index contributed by atoms with van der Waals surface area (Å²) in [5, 5.41) is 4.22. The van der Waals surface area contributed by atoms with Gasteiger partial charge in [-0.05, 0) is 12.1 Å². The number of methoxy groups -OCH3 is 1. The second-order valence-electron chi connectivity index (χ2n) is 4.49. The van der Waals surface area contributed by atoms with Crippen molar-refractivity contribution in [2.45, 2.75) is 6.18 Å². The number of imidazole rings is 1. The maximum atomic E-state index is 12.8. The van der Waals surface area contributed by atoms with Crippen LogP contribution in [0.2, 0.25) is 5.15 Å². The Balaban J connectivity index is 2.21. The summed E-state index contributed by atoms with van der Waals surface area (Å²) in [5.41, 5.74) is 0.356. The van der Waals surface area contributed by atoms with Crippen LogP contribution in [0, 0.1) is 0 Å². The second-order valence-corrected chi connectivity index (χ2v) is 4.88. The molecule has 0 saturated carbocycles. The third-order valence-electron chi connectivity index (χ3n) is 3.11. The van der Waals surface area contributed by atoms with Crippen molar-refractivity contribution in [2.75, 3.05) is 7.11 Å². The summed E-state index contributed by atoms with van der Waals surface area (Å²) < 4.78 is 45.0. The van der Waals surface area contributed by atoms with Crippen molar-refractivity contribution in [3.8, 4) is 17.0 Å². The quantitative estimate of drug-likeness (QED) is 0.712. The number of halogens is 4. The molecule has 4 nitrogen and oxygen atoms in total. The first kappa shape index (κ1) is 14.6. The average molecular weight is 328 g/mol. The molecule has 0 fully saturated rings. The van der Waals surface area contributed by atoms with Crippen molar-refractivity contribution in [1.82, 2.24) is 14.6 Å². The molecule has 0 N–H and O–H groups in total. The van der Waals surface area contributed by atoms with Crippen molar-refractivity contribution < 1.29 is 17.9 Å². The van der Waals surface area contributed by atoms with Crippen LogP contribution in [0.15, 0.2) is 36.5 Å². The zero-order valence-electron chi connectivity index (χ0n) is 11.2. The van der Waals surface area contributed by atoms with Gasteiger partial charge in [-0.2, -0.15) is 18.3 Å². The van der Waals surface area contributed by atoms with E-state index in [1.54, 1.807) is 6.07 Å². The van der Waals surface area contributed by atoms with Gasteiger partial charge < -0.3 is 4.74 Å². The lowest BCUT2D eigenvalue weighted by Gasteiger charge is -2.09. The predicted molar refractivity (Wildman–Crippen MR) is 75.0 cm³/mol. The number of hydrogen-bond donors (Lipinski definition) is 0. The number of ether oxygens (including phenoxy) is 1. The molecular weight excluding hydrogens is 319 g/mol. The summed E-state index contributed by atoms with van der Waals surface area (Å²) in [6.07, 6.45) is -2.99. The fourth-order valence-corrected chi connectivity index (χ4v) is 2.29. The molecule has 3 aromatic rings. The normalized spacial score (nSPS) is 11.9. The molecule has 2 heterocycles. The van der Waals surface area contributed by atoms with Crippen molar-refractivity contribution in [1.29, 1.82) is 0 Å². The van der Waals surface area contributed by atoms with E-state index in [0.717, 1.165) is 12.1 Å². The zero-order chi connectivity index (χ0) is 15.9. The molecule has 22 heavy (non-hydrogen) atoms. The minimum Gasteiger partial charge on any atom is -0.493 e. The van der Waals surface area contributed by atoms with E-state index in [4.69, 9.17) is 16.3 Å². The SMILES string of the molecule is COc1cc(Cl)nn2c(-c3cccc(C(F)(F)F)c3)cnc12. The number of rotatable bonds is 2. The molecular formula is C14H9ClF3N3O. The first-order valence-corrected chi connectivity index (χ1v) is 6.54. The Kier molecular flexibility index (Phi) is 3.44. The lowest BCUT2D eigenvalue weighted by atomic mass is 10.1. The van der Waals surface area contributed by atoms with Crippen LogP contribution in [0.5, 0.6) is 5.75 Å². The lowest BCUT2D eigenvalue weighted by molar-refractivity contribution is -0.137. The van der Waals surface area contributed by atoms with Crippen LogP contribution in [0.4, 0.5) is 13.2 Å². The Morgan fingerprint density at radius 3 is 2.68 bits per heavy atom. The molecule has 0 unspecified atom stereocenters. The second kappa shape index (κ2) is 5.17. The van der Waals surface area contributed by atoms with Crippen LogP contribution in [-0.2, 0) is 6.18 Å². The Hall–Kier alpha value is -2.28. The molecule has 0 aliphatic heterocycles. The number of fused-ring (bicyclic) bond motifs is 1. The van der Waals surface area contributed by atoms with E-state index in [9.17, 15) is 13.2 Å². The van der Waals surface area contributed by atoms with Crippen LogP contribution in [0.3, 0.4) is 0 Å². The monoisotopic (exact) mass is 327 g/mol. The highest BCUT2D eigenvalue weighted by Gasteiger charge is 2.30. The van der Waals surface area contributed by atoms with Gasteiger partial charge in [-0.15, -0.1) is 0 Å². The Morgan fingerprint density at radius 2 is 2.00 bits per heavy atom. The van der Waals surface area contributed by atoms with Gasteiger partial charge in [-0.3, -0.25) is 0 Å². The molecule has 0 atom stereocenters. The van der Waals surface area contributed by atoms with Gasteiger partial charge in [-0.1, -0.05) is 23.7 Å². The predicted octanol–water partition coefficient (Wildman–Crippen LogP) is 4.08. The molecule has 1 aromatic carbocycles. The number of benzene rings is 1. The van der Waals surface area contributed by atoms with Crippen molar-refractivity contribution >= 4 is 17.2 Å². The fourth-order valence-electron chi connectivity index (χ4n) is 2.11. The first-order valence-electron chi connectivity index (χ1n) is 6.16. The molecule has 0 saturated heterocycles. The van der Waals surface area contributed by atoms with E-state index >= 15 is 0 Å². The molecule has 0 bridgehead atoms. The number of alkyl halides is 3. The van der Waals surface area contributed by atoms with Gasteiger partial charge in [0.25, 0.3) is 0 Å². The molecule has 0 spiro atoms. The molecule has 2 aromatic heterocycles. The minimum absolute atomic E-state index is 0.149. The Bertz CT molecular complexity index is 845. The van der Waals surface area contributed by atoms with Crippen LogP contribution < -0.4 is 4.74 Å². The highest BCUT2D eigenvalue weighted by atomic mass is 35.5. The summed E-state index contributed by atoms with van der Waals surface area (Å²) >= 11 is 5.90. The van der Waals surface area contributed by atoms with Crippen molar-refractivity contribution in [3.63, 3.8) is 0 Å². The summed E-state index contributed by atoms with van der Waals surface area (Å²) in [4.78, 5) is 4.13. The van der Waals surface area contributed by atoms with Crippen LogP contribution in [0.25, 0.3) is 16.9 Å². The highest BCUT2D eigenvalue weighted by Crippen LogP contribution is 2.33. The summed E-state index contributed by atoms with van der Waals surface area (Å²) in [5.74, 6) is 0.387. The molecule has 0 amide bonds. The maximum Gasteiger partial charge on any atom is 0.416 e. The van der Waals surface area contributed by atoms with Gasteiger partial charge in [-0.25, -0.2) is 9.50 Å². The van der Waals surface area contributed by atoms with Gasteiger partial charge in [0, 0.05) is 11.6 Å². The topological polar surface area (TPSA) is 39.4 Å². The summed E-state index contributed by atoms with van der Waals surface area (Å²) in [7, 11) is 1.45. The van der Waals surface area contributed by atoms with E-state index in [0.29, 0.717) is 22.7 Å². The van der Waals surface area contributed by atoms with E-state index in [1.807, 2.05) is 0 Å². The van der Waals surface area contributed by atoms with E-state index in [1.165, 1.54) is 30.0 Å². The van der Waals surface area contributed by atoms with E-state index < -0.39 is 11.7 Å². The van der Waals surface area contributed by atoms with Gasteiger partial charge in [0.15, 0.2) is 16.5 Å². The van der Waals surface area contributed by atoms with Crippen LogP contribution in [-0.4, -0.2) is 21.7 Å². The number of aromatic nitrogens is 3. The largest absolute Gasteiger partial charge is 0.493 e. The average Bonchev–Trinajstić information content (AvgIpc) is 2.89. The lowest BCUT2D eigenvalue weighted by Crippen LogP contribution is -2.05. The third-order valence-corrected chi connectivity index (χ3v) is 3.29. The molecule has 0 radical (unpaired) electrons. The number of nitrogens with zero attached hydrogens (tertiary/aromatic N) is 3. The molecule has 3 rings (SSSR count). The van der Waals surface area contributed by atoms with Gasteiger partial charge in [0.1, 0.15) is 0 Å². The zero-order valence-corrected chi connectivity index (χ0v) is 12.0. The third kappa shape index (κ3) is 2.48. The smallest absolute Gasteiger partial charge is 0.416 e. The van der Waals surface area contributed by atoms with E-state index in [2.05, 4.69) is 10.1 Å².